The van der Waals surface area contributed by atoms with Crippen LogP contribution in [0, 0.1) is 71.5 Å². The van der Waals surface area contributed by atoms with Crippen LogP contribution in [0.25, 0.3) is 0 Å². The molecule has 0 bridgehead atoms. The Kier molecular flexibility index (Phi) is 15.9. The van der Waals surface area contributed by atoms with E-state index in [0.29, 0.717) is 5.41 Å². The molecule has 0 N–H and O–H groups in total. The van der Waals surface area contributed by atoms with Gasteiger partial charge in [-0.05, 0) is 59.2 Å². The van der Waals surface area contributed by atoms with E-state index in [-0.39, 0.29) is 32.7 Å². The summed E-state index contributed by atoms with van der Waals surface area (Å²) in [6, 6.07) is 0. The fourth-order valence-corrected chi connectivity index (χ4v) is 3.61. The molecule has 2 aliphatic carbocycles. The van der Waals surface area contributed by atoms with Gasteiger partial charge in [0.2, 0.25) is 0 Å². The zero-order valence-corrected chi connectivity index (χ0v) is 24.7. The molecule has 0 heterocycles. The van der Waals surface area contributed by atoms with Crippen molar-refractivity contribution in [1.29, 1.82) is 0 Å². The van der Waals surface area contributed by atoms with Crippen molar-refractivity contribution in [2.45, 2.75) is 109 Å². The minimum atomic E-state index is 0. The quantitative estimate of drug-likeness (QED) is 0.360. The summed E-state index contributed by atoms with van der Waals surface area (Å²) in [4.78, 5) is 0. The second-order valence-corrected chi connectivity index (χ2v) is 9.41. The standard InChI is InChI=1S/2C10H15.C8H17.Y/c2*1-6-7(2)9(4)10(5)8(6)3;1-5-7-8(3,4)6-2;/h2*1-5H3;2,5-7H2,1,3-4H3;/q;;-1;. The van der Waals surface area contributed by atoms with Crippen LogP contribution in [-0.4, -0.2) is 0 Å². The molecule has 29 heavy (non-hydrogen) atoms. The molecule has 0 saturated heterocycles. The van der Waals surface area contributed by atoms with Gasteiger partial charge in [-0.2, -0.15) is 6.42 Å². The van der Waals surface area contributed by atoms with E-state index in [2.05, 4.69) is 96.9 Å². The summed E-state index contributed by atoms with van der Waals surface area (Å²) in [6.45, 7) is 32.6. The average molecular weight is 473 g/mol. The van der Waals surface area contributed by atoms with Crippen LogP contribution in [0.1, 0.15) is 109 Å². The first-order valence-electron chi connectivity index (χ1n) is 10.9. The van der Waals surface area contributed by atoms with Crippen molar-refractivity contribution in [1.82, 2.24) is 0 Å². The maximum Gasteiger partial charge on any atom is 0 e. The average Bonchev–Trinajstić information content (AvgIpc) is 2.93. The summed E-state index contributed by atoms with van der Waals surface area (Å²) >= 11 is 0. The predicted molar refractivity (Wildman–Crippen MR) is 128 cm³/mol. The zero-order valence-electron chi connectivity index (χ0n) is 21.9. The minimum absolute atomic E-state index is 0. The molecule has 2 rings (SSSR count). The molecule has 0 spiro atoms. The summed E-state index contributed by atoms with van der Waals surface area (Å²) in [5.41, 5.74) is 0.481. The zero-order chi connectivity index (χ0) is 22.4. The first kappa shape index (κ1) is 32.3. The molecule has 11 radical (unpaired) electrons. The Morgan fingerprint density at radius 1 is 0.517 bits per heavy atom. The Hall–Kier alpha value is 1.10. The molecule has 0 aromatic rings. The summed E-state index contributed by atoms with van der Waals surface area (Å²) in [7, 11) is 0. The smallest absolute Gasteiger partial charge is 0 e. The molecule has 0 atom stereocenters. The van der Waals surface area contributed by atoms with Crippen LogP contribution < -0.4 is 0 Å². The summed E-state index contributed by atoms with van der Waals surface area (Å²) in [5.74, 6) is 14.7. The second kappa shape index (κ2) is 14.3. The maximum absolute atomic E-state index is 3.88. The molecule has 163 valence electrons. The van der Waals surface area contributed by atoms with E-state index in [1.165, 1.54) is 72.0 Å². The third-order valence-electron chi connectivity index (χ3n) is 7.23. The largest absolute Gasteiger partial charge is 0.343 e. The van der Waals surface area contributed by atoms with E-state index in [0.717, 1.165) is 6.42 Å². The van der Waals surface area contributed by atoms with Gasteiger partial charge in [0.05, 0.1) is 0 Å². The van der Waals surface area contributed by atoms with E-state index in [1.54, 1.807) is 0 Å². The van der Waals surface area contributed by atoms with Crippen LogP contribution in [-0.2, 0) is 32.7 Å². The van der Waals surface area contributed by atoms with Crippen molar-refractivity contribution >= 4 is 0 Å². The Bertz CT molecular complexity index is 295. The fraction of sp³-hybridized carbons (Fsp3) is 0.607. The molecular formula is C28H47Y-. The van der Waals surface area contributed by atoms with Gasteiger partial charge in [0.1, 0.15) is 0 Å². The van der Waals surface area contributed by atoms with Gasteiger partial charge >= 0.3 is 0 Å². The fourth-order valence-electron chi connectivity index (χ4n) is 3.61. The topological polar surface area (TPSA) is 0 Å². The van der Waals surface area contributed by atoms with Crippen molar-refractivity contribution in [2.24, 2.45) is 5.41 Å². The van der Waals surface area contributed by atoms with Crippen LogP contribution in [0.3, 0.4) is 0 Å². The molecular weight excluding hydrogens is 425 g/mol. The monoisotopic (exact) mass is 472 g/mol. The van der Waals surface area contributed by atoms with Crippen LogP contribution in [0.4, 0.5) is 0 Å². The molecule has 0 amide bonds. The van der Waals surface area contributed by atoms with Gasteiger partial charge < -0.3 is 6.92 Å². The molecule has 1 heteroatoms. The van der Waals surface area contributed by atoms with Gasteiger partial charge in [-0.3, -0.25) is 0 Å². The van der Waals surface area contributed by atoms with Gasteiger partial charge in [0.25, 0.3) is 0 Å². The Morgan fingerprint density at radius 2 is 0.690 bits per heavy atom. The van der Waals surface area contributed by atoms with Gasteiger partial charge in [0.15, 0.2) is 0 Å². The summed E-state index contributed by atoms with van der Waals surface area (Å²) < 4.78 is 0. The normalized spacial score (nSPS) is 23.0. The number of hydrogen-bond donors (Lipinski definition) is 0. The first-order valence-corrected chi connectivity index (χ1v) is 10.9. The minimum Gasteiger partial charge on any atom is -0.343 e. The Morgan fingerprint density at radius 3 is 0.759 bits per heavy atom. The van der Waals surface area contributed by atoms with Crippen molar-refractivity contribution < 1.29 is 32.7 Å². The van der Waals surface area contributed by atoms with Crippen molar-refractivity contribution in [3.05, 3.63) is 66.1 Å². The first-order chi connectivity index (χ1) is 12.7. The molecule has 0 aromatic heterocycles. The Balaban J connectivity index is 0. The second-order valence-electron chi connectivity index (χ2n) is 9.41. The van der Waals surface area contributed by atoms with Gasteiger partial charge in [-0.25, -0.2) is 0 Å². The molecule has 2 aliphatic rings. The Labute approximate surface area is 212 Å². The molecule has 2 fully saturated rings. The number of rotatable bonds is 3. The van der Waals surface area contributed by atoms with Crippen LogP contribution in [0.5, 0.6) is 0 Å². The van der Waals surface area contributed by atoms with Gasteiger partial charge in [-0.1, -0.05) is 108 Å². The summed E-state index contributed by atoms with van der Waals surface area (Å²) in [5, 5.41) is 0. The van der Waals surface area contributed by atoms with E-state index in [1.807, 2.05) is 0 Å². The van der Waals surface area contributed by atoms with Gasteiger partial charge in [0, 0.05) is 32.7 Å². The van der Waals surface area contributed by atoms with Crippen molar-refractivity contribution in [3.63, 3.8) is 0 Å². The van der Waals surface area contributed by atoms with Crippen molar-refractivity contribution in [3.8, 4) is 0 Å². The number of hydrogen-bond acceptors (Lipinski definition) is 0. The van der Waals surface area contributed by atoms with Crippen LogP contribution >= 0.6 is 0 Å². The SMILES string of the molecule is C[C]1[C](C)[C](C)[C](C)[C]1C.C[C]1[C](C)[C](C)[C](C)[C]1C.[CH2-]CC(C)(C)CCC.[Y]. The van der Waals surface area contributed by atoms with E-state index in [4.69, 9.17) is 0 Å². The molecule has 0 unspecified atom stereocenters. The molecule has 0 aliphatic heterocycles. The molecule has 0 aromatic carbocycles. The predicted octanol–water partition coefficient (Wildman–Crippen LogP) is 8.98. The summed E-state index contributed by atoms with van der Waals surface area (Å²) in [6.07, 6.45) is 3.64. The van der Waals surface area contributed by atoms with E-state index < -0.39 is 0 Å². The molecule has 2 saturated carbocycles. The van der Waals surface area contributed by atoms with Gasteiger partial charge in [-0.15, -0.1) is 0 Å². The maximum atomic E-state index is 3.88. The van der Waals surface area contributed by atoms with E-state index >= 15 is 0 Å². The van der Waals surface area contributed by atoms with E-state index in [9.17, 15) is 0 Å². The third kappa shape index (κ3) is 9.24. The van der Waals surface area contributed by atoms with Crippen LogP contribution in [0.2, 0.25) is 0 Å². The molecule has 0 nitrogen and oxygen atoms in total. The van der Waals surface area contributed by atoms with Crippen molar-refractivity contribution in [2.75, 3.05) is 0 Å². The third-order valence-corrected chi connectivity index (χ3v) is 7.23. The van der Waals surface area contributed by atoms with Crippen LogP contribution in [0.15, 0.2) is 0 Å².